The smallest absolute Gasteiger partial charge is 0.250 e. The molecule has 0 amide bonds. The lowest BCUT2D eigenvalue weighted by Gasteiger charge is -2.05. The zero-order chi connectivity index (χ0) is 19.5. The Morgan fingerprint density at radius 3 is 2.38 bits per heavy atom. The van der Waals surface area contributed by atoms with Gasteiger partial charge in [0.15, 0.2) is 0 Å². The second-order valence-corrected chi connectivity index (χ2v) is 6.24. The van der Waals surface area contributed by atoms with Crippen LogP contribution in [0.25, 0.3) is 33.4 Å². The van der Waals surface area contributed by atoms with Crippen LogP contribution in [0.1, 0.15) is 5.56 Å². The van der Waals surface area contributed by atoms with Crippen molar-refractivity contribution < 1.29 is 0 Å². The van der Waals surface area contributed by atoms with E-state index in [-0.39, 0.29) is 0 Å². The minimum Gasteiger partial charge on any atom is -0.360 e. The highest BCUT2D eigenvalue weighted by atomic mass is 15.0. The van der Waals surface area contributed by atoms with Crippen molar-refractivity contribution in [3.05, 3.63) is 79.5 Å². The number of hydrogen-bond acceptors (Lipinski definition) is 7. The van der Waals surface area contributed by atoms with Crippen LogP contribution in [0.2, 0.25) is 0 Å². The number of fused-ring (bicyclic) bond motifs is 1. The number of rotatable bonds is 4. The van der Waals surface area contributed by atoms with E-state index in [0.29, 0.717) is 11.6 Å². The molecule has 5 aromatic rings. The minimum absolute atomic E-state index is 0.329. The van der Waals surface area contributed by atoms with Crippen LogP contribution in [0.5, 0.6) is 0 Å². The molecular weight excluding hydrogens is 364 g/mol. The van der Waals surface area contributed by atoms with Gasteiger partial charge in [0.25, 0.3) is 0 Å². The lowest BCUT2D eigenvalue weighted by molar-refractivity contribution is 1.12. The summed E-state index contributed by atoms with van der Waals surface area (Å²) in [6.07, 6.45) is 13.3. The first-order valence-corrected chi connectivity index (χ1v) is 8.87. The van der Waals surface area contributed by atoms with Crippen molar-refractivity contribution in [1.29, 1.82) is 0 Å². The first-order chi connectivity index (χ1) is 14.4. The van der Waals surface area contributed by atoms with E-state index in [1.807, 2.05) is 30.5 Å². The third-order valence-corrected chi connectivity index (χ3v) is 4.35. The molecule has 0 saturated heterocycles. The molecule has 0 aliphatic heterocycles. The molecule has 0 saturated carbocycles. The highest BCUT2D eigenvalue weighted by Gasteiger charge is 2.12. The van der Waals surface area contributed by atoms with E-state index in [9.17, 15) is 0 Å². The van der Waals surface area contributed by atoms with Crippen molar-refractivity contribution in [1.82, 2.24) is 34.9 Å². The highest BCUT2D eigenvalue weighted by molar-refractivity contribution is 5.95. The van der Waals surface area contributed by atoms with E-state index in [4.69, 9.17) is 0 Å². The van der Waals surface area contributed by atoms with Gasteiger partial charge in [-0.15, -0.1) is 0 Å². The SMILES string of the molecule is C(=N\c1nc(-c2cncnc2)cc(-c2c[nH]c3ccccc23)n1)/c1cncnc1. The van der Waals surface area contributed by atoms with Crippen LogP contribution in [0.3, 0.4) is 0 Å². The predicted molar refractivity (Wildman–Crippen MR) is 110 cm³/mol. The summed E-state index contributed by atoms with van der Waals surface area (Å²) in [5, 5.41) is 1.08. The summed E-state index contributed by atoms with van der Waals surface area (Å²) in [6.45, 7) is 0. The van der Waals surface area contributed by atoms with Crippen molar-refractivity contribution in [2.75, 3.05) is 0 Å². The number of aliphatic imine (C=N–C) groups is 1. The molecule has 0 aliphatic carbocycles. The predicted octanol–water partition coefficient (Wildman–Crippen LogP) is 3.62. The Labute approximate surface area is 165 Å². The van der Waals surface area contributed by atoms with Gasteiger partial charge in [-0.25, -0.2) is 34.9 Å². The molecule has 138 valence electrons. The van der Waals surface area contributed by atoms with Gasteiger partial charge in [-0.1, -0.05) is 18.2 Å². The van der Waals surface area contributed by atoms with Crippen LogP contribution in [0.4, 0.5) is 5.95 Å². The van der Waals surface area contributed by atoms with Gasteiger partial charge in [0.2, 0.25) is 5.95 Å². The summed E-state index contributed by atoms with van der Waals surface area (Å²) < 4.78 is 0. The molecule has 8 heteroatoms. The molecule has 0 fully saturated rings. The van der Waals surface area contributed by atoms with Crippen LogP contribution >= 0.6 is 0 Å². The Hall–Kier alpha value is -4.33. The van der Waals surface area contributed by atoms with Crippen molar-refractivity contribution in [2.45, 2.75) is 0 Å². The first kappa shape index (κ1) is 16.8. The van der Waals surface area contributed by atoms with E-state index in [0.717, 1.165) is 33.3 Å². The number of H-pyrrole nitrogens is 1. The first-order valence-electron chi connectivity index (χ1n) is 8.87. The second-order valence-electron chi connectivity index (χ2n) is 6.24. The van der Waals surface area contributed by atoms with Crippen LogP contribution in [0.15, 0.2) is 79.0 Å². The minimum atomic E-state index is 0.329. The lowest BCUT2D eigenvalue weighted by atomic mass is 10.1. The summed E-state index contributed by atoms with van der Waals surface area (Å²) in [5.74, 6) is 0.329. The van der Waals surface area contributed by atoms with Crippen LogP contribution < -0.4 is 0 Å². The molecule has 5 rings (SSSR count). The van der Waals surface area contributed by atoms with Gasteiger partial charge < -0.3 is 4.98 Å². The van der Waals surface area contributed by atoms with Gasteiger partial charge in [0.1, 0.15) is 12.7 Å². The summed E-state index contributed by atoms with van der Waals surface area (Å²) in [5.41, 5.74) is 5.01. The molecule has 4 aromatic heterocycles. The Balaban J connectivity index is 1.65. The number of benzene rings is 1. The number of hydrogen-bond donors (Lipinski definition) is 1. The van der Waals surface area contributed by atoms with Crippen LogP contribution in [-0.2, 0) is 0 Å². The quantitative estimate of drug-likeness (QED) is 0.479. The van der Waals surface area contributed by atoms with Crippen molar-refractivity contribution >= 4 is 23.1 Å². The molecular formula is C21H14N8. The molecule has 0 unspecified atom stereocenters. The second kappa shape index (κ2) is 7.35. The average molecular weight is 378 g/mol. The summed E-state index contributed by atoms with van der Waals surface area (Å²) in [4.78, 5) is 33.1. The van der Waals surface area contributed by atoms with E-state index in [1.54, 1.807) is 31.0 Å². The van der Waals surface area contributed by atoms with E-state index in [2.05, 4.69) is 45.9 Å². The number of nitrogens with zero attached hydrogens (tertiary/aromatic N) is 7. The molecule has 4 heterocycles. The number of nitrogens with one attached hydrogen (secondary N) is 1. The molecule has 1 aromatic carbocycles. The van der Waals surface area contributed by atoms with E-state index >= 15 is 0 Å². The lowest BCUT2D eigenvalue weighted by Crippen LogP contribution is -1.93. The number of para-hydroxylation sites is 1. The topological polar surface area (TPSA) is 105 Å². The van der Waals surface area contributed by atoms with Crippen LogP contribution in [0, 0.1) is 0 Å². The molecule has 29 heavy (non-hydrogen) atoms. The molecule has 0 atom stereocenters. The number of aromatic nitrogens is 7. The summed E-state index contributed by atoms with van der Waals surface area (Å²) in [7, 11) is 0. The van der Waals surface area contributed by atoms with Crippen molar-refractivity contribution in [2.24, 2.45) is 4.99 Å². The Morgan fingerprint density at radius 1 is 0.828 bits per heavy atom. The molecule has 0 aliphatic rings. The molecule has 8 nitrogen and oxygen atoms in total. The Morgan fingerprint density at radius 2 is 1.55 bits per heavy atom. The monoisotopic (exact) mass is 378 g/mol. The zero-order valence-electron chi connectivity index (χ0n) is 15.1. The van der Waals surface area contributed by atoms with Gasteiger partial charge >= 0.3 is 0 Å². The third kappa shape index (κ3) is 3.46. The Bertz CT molecular complexity index is 1300. The maximum atomic E-state index is 4.66. The van der Waals surface area contributed by atoms with Gasteiger partial charge in [-0.05, 0) is 12.1 Å². The van der Waals surface area contributed by atoms with Crippen LogP contribution in [-0.4, -0.2) is 41.1 Å². The maximum Gasteiger partial charge on any atom is 0.250 e. The third-order valence-electron chi connectivity index (χ3n) is 4.35. The van der Waals surface area contributed by atoms with E-state index in [1.165, 1.54) is 12.7 Å². The molecule has 0 bridgehead atoms. The van der Waals surface area contributed by atoms with Gasteiger partial charge in [0.05, 0.1) is 11.4 Å². The standard InChI is InChI=1S/C21H14N8/c1-2-4-18-16(3-1)17(11-26-18)20-5-19(15-9-24-13-25-10-15)28-21(29-20)27-8-14-6-22-12-23-7-14/h1-13,26H/b27-8+. The normalized spacial score (nSPS) is 11.3. The highest BCUT2D eigenvalue weighted by Crippen LogP contribution is 2.30. The van der Waals surface area contributed by atoms with Gasteiger partial charge in [-0.2, -0.15) is 0 Å². The summed E-state index contributed by atoms with van der Waals surface area (Å²) in [6, 6.07) is 9.99. The largest absolute Gasteiger partial charge is 0.360 e. The molecule has 0 spiro atoms. The fourth-order valence-corrected chi connectivity index (χ4v) is 3.00. The maximum absolute atomic E-state index is 4.66. The Kier molecular flexibility index (Phi) is 4.26. The van der Waals surface area contributed by atoms with Crippen molar-refractivity contribution in [3.63, 3.8) is 0 Å². The van der Waals surface area contributed by atoms with Crippen molar-refractivity contribution in [3.8, 4) is 22.5 Å². The zero-order valence-corrected chi connectivity index (χ0v) is 15.1. The molecule has 0 radical (unpaired) electrons. The number of aromatic amines is 1. The summed E-state index contributed by atoms with van der Waals surface area (Å²) >= 11 is 0. The fourth-order valence-electron chi connectivity index (χ4n) is 3.00. The fraction of sp³-hybridized carbons (Fsp3) is 0. The van der Waals surface area contributed by atoms with E-state index < -0.39 is 0 Å². The van der Waals surface area contributed by atoms with Gasteiger partial charge in [-0.3, -0.25) is 0 Å². The van der Waals surface area contributed by atoms with Gasteiger partial charge in [0, 0.05) is 64.8 Å². The molecule has 1 N–H and O–H groups in total. The average Bonchev–Trinajstić information content (AvgIpc) is 3.23.